The number of rotatable bonds is 7. The zero-order valence-electron chi connectivity index (χ0n) is 21.0. The van der Waals surface area contributed by atoms with Gasteiger partial charge in [-0.3, -0.25) is 14.4 Å². The van der Waals surface area contributed by atoms with Crippen molar-refractivity contribution in [2.75, 3.05) is 13.7 Å². The molecule has 2 unspecified atom stereocenters. The van der Waals surface area contributed by atoms with Gasteiger partial charge >= 0.3 is 17.9 Å². The topological polar surface area (TPSA) is 150 Å². The third-order valence-electron chi connectivity index (χ3n) is 5.74. The Bertz CT molecular complexity index is 1140. The molecular weight excluding hydrogens is 484 g/mol. The van der Waals surface area contributed by atoms with E-state index in [0.717, 1.165) is 5.56 Å². The molecule has 1 aromatic heterocycles. The summed E-state index contributed by atoms with van der Waals surface area (Å²) in [6, 6.07) is 10.2. The van der Waals surface area contributed by atoms with Crippen molar-refractivity contribution in [2.24, 2.45) is 11.8 Å². The van der Waals surface area contributed by atoms with E-state index in [1.807, 2.05) is 30.3 Å². The number of pyridine rings is 1. The predicted molar refractivity (Wildman–Crippen MR) is 129 cm³/mol. The van der Waals surface area contributed by atoms with Crippen LogP contribution in [0.2, 0.25) is 0 Å². The standard InChI is InChI=1S/C26H30N2O9/c1-14(2)24(31)37-22-15(3)36-26(33)18(27-23(30)21-19(29)10-11-20(28-21)34-4)13-35-25(32)17(22)12-16-8-6-5-7-9-16/h5-11,14-15,17-18,22,29H,12-13H2,1-4H3,(H,27,30)/t15-,17+,18?,22?/m0/s1. The minimum absolute atomic E-state index is 0.0682. The number of amides is 1. The molecule has 4 atom stereocenters. The average Bonchev–Trinajstić information content (AvgIpc) is 2.91. The van der Waals surface area contributed by atoms with Gasteiger partial charge in [-0.05, 0) is 25.0 Å². The molecule has 11 heteroatoms. The van der Waals surface area contributed by atoms with E-state index in [4.69, 9.17) is 18.9 Å². The zero-order chi connectivity index (χ0) is 27.1. The SMILES string of the molecule is COc1ccc(O)c(C(=O)NC2COC(=O)[C@H](Cc3ccccc3)C(OC(=O)C(C)C)[C@H](C)OC2=O)n1. The second-order valence-electron chi connectivity index (χ2n) is 8.87. The predicted octanol–water partition coefficient (Wildman–Crippen LogP) is 1.81. The van der Waals surface area contributed by atoms with E-state index in [0.29, 0.717) is 0 Å². The summed E-state index contributed by atoms with van der Waals surface area (Å²) < 4.78 is 21.5. The molecule has 1 aromatic carbocycles. The number of esters is 3. The van der Waals surface area contributed by atoms with Crippen molar-refractivity contribution >= 4 is 23.8 Å². The fraction of sp³-hybridized carbons (Fsp3) is 0.423. The van der Waals surface area contributed by atoms with Gasteiger partial charge in [-0.25, -0.2) is 9.78 Å². The first-order valence-corrected chi connectivity index (χ1v) is 11.8. The summed E-state index contributed by atoms with van der Waals surface area (Å²) >= 11 is 0. The van der Waals surface area contributed by atoms with E-state index in [1.165, 1.54) is 26.2 Å². The first-order chi connectivity index (χ1) is 17.6. The largest absolute Gasteiger partial charge is 0.505 e. The number of methoxy groups -OCH3 is 1. The number of aromatic nitrogens is 1. The van der Waals surface area contributed by atoms with Crippen LogP contribution in [0.15, 0.2) is 42.5 Å². The summed E-state index contributed by atoms with van der Waals surface area (Å²) in [5.41, 5.74) is 0.398. The van der Waals surface area contributed by atoms with Crippen LogP contribution in [0.5, 0.6) is 11.6 Å². The molecule has 1 saturated heterocycles. The fourth-order valence-corrected chi connectivity index (χ4v) is 3.69. The third kappa shape index (κ3) is 6.96. The maximum Gasteiger partial charge on any atom is 0.332 e. The van der Waals surface area contributed by atoms with Crippen molar-refractivity contribution in [3.8, 4) is 11.6 Å². The Morgan fingerprint density at radius 1 is 1.14 bits per heavy atom. The summed E-state index contributed by atoms with van der Waals surface area (Å²) in [4.78, 5) is 55.3. The van der Waals surface area contributed by atoms with Crippen LogP contribution in [0.1, 0.15) is 36.8 Å². The molecule has 1 aliphatic heterocycles. The highest BCUT2D eigenvalue weighted by Crippen LogP contribution is 2.25. The lowest BCUT2D eigenvalue weighted by molar-refractivity contribution is -0.176. The van der Waals surface area contributed by atoms with Crippen LogP contribution in [0.4, 0.5) is 0 Å². The molecule has 1 amide bonds. The molecule has 2 N–H and O–H groups in total. The summed E-state index contributed by atoms with van der Waals surface area (Å²) in [5.74, 6) is -4.96. The van der Waals surface area contributed by atoms with E-state index >= 15 is 0 Å². The lowest BCUT2D eigenvalue weighted by Gasteiger charge is -2.29. The normalized spacial score (nSPS) is 22.1. The van der Waals surface area contributed by atoms with E-state index in [1.54, 1.807) is 13.8 Å². The van der Waals surface area contributed by atoms with Crippen LogP contribution in [-0.2, 0) is 35.0 Å². The van der Waals surface area contributed by atoms with E-state index in [2.05, 4.69) is 10.3 Å². The fourth-order valence-electron chi connectivity index (χ4n) is 3.69. The van der Waals surface area contributed by atoms with Crippen LogP contribution >= 0.6 is 0 Å². The maximum absolute atomic E-state index is 13.2. The Labute approximate surface area is 214 Å². The average molecular weight is 515 g/mol. The summed E-state index contributed by atoms with van der Waals surface area (Å²) in [6.07, 6.45) is -2.02. The summed E-state index contributed by atoms with van der Waals surface area (Å²) in [7, 11) is 1.34. The second-order valence-corrected chi connectivity index (χ2v) is 8.87. The van der Waals surface area contributed by atoms with Gasteiger partial charge in [0.15, 0.2) is 17.8 Å². The first-order valence-electron chi connectivity index (χ1n) is 11.8. The van der Waals surface area contributed by atoms with Crippen molar-refractivity contribution in [1.29, 1.82) is 0 Å². The molecule has 198 valence electrons. The van der Waals surface area contributed by atoms with Crippen molar-refractivity contribution < 1.29 is 43.2 Å². The minimum atomic E-state index is -1.41. The van der Waals surface area contributed by atoms with Crippen molar-refractivity contribution in [3.63, 3.8) is 0 Å². The smallest absolute Gasteiger partial charge is 0.332 e. The van der Waals surface area contributed by atoms with Gasteiger partial charge in [-0.2, -0.15) is 0 Å². The van der Waals surface area contributed by atoms with Gasteiger partial charge in [0.1, 0.15) is 24.4 Å². The number of nitrogens with zero attached hydrogens (tertiary/aromatic N) is 1. The monoisotopic (exact) mass is 514 g/mol. The van der Waals surface area contributed by atoms with Crippen LogP contribution in [0, 0.1) is 11.8 Å². The third-order valence-corrected chi connectivity index (χ3v) is 5.74. The number of benzene rings is 1. The number of aromatic hydroxyl groups is 1. The molecule has 1 aliphatic rings. The van der Waals surface area contributed by atoms with Crippen LogP contribution in [0.3, 0.4) is 0 Å². The number of ether oxygens (including phenoxy) is 4. The van der Waals surface area contributed by atoms with Crippen LogP contribution in [0.25, 0.3) is 0 Å². The molecule has 0 radical (unpaired) electrons. The van der Waals surface area contributed by atoms with E-state index in [-0.39, 0.29) is 12.3 Å². The Morgan fingerprint density at radius 3 is 2.49 bits per heavy atom. The zero-order valence-corrected chi connectivity index (χ0v) is 21.0. The molecule has 0 spiro atoms. The van der Waals surface area contributed by atoms with Gasteiger partial charge in [-0.15, -0.1) is 0 Å². The van der Waals surface area contributed by atoms with Gasteiger partial charge in [0.05, 0.1) is 13.0 Å². The molecule has 11 nitrogen and oxygen atoms in total. The molecule has 2 aromatic rings. The number of cyclic esters (lactones) is 2. The van der Waals surface area contributed by atoms with Gasteiger partial charge < -0.3 is 29.4 Å². The van der Waals surface area contributed by atoms with Crippen molar-refractivity contribution in [1.82, 2.24) is 10.3 Å². The maximum atomic E-state index is 13.2. The molecule has 0 saturated carbocycles. The van der Waals surface area contributed by atoms with Crippen molar-refractivity contribution in [3.05, 3.63) is 53.7 Å². The first kappa shape index (κ1) is 27.4. The highest BCUT2D eigenvalue weighted by atomic mass is 16.6. The van der Waals surface area contributed by atoms with Crippen LogP contribution < -0.4 is 10.1 Å². The Morgan fingerprint density at radius 2 is 1.84 bits per heavy atom. The van der Waals surface area contributed by atoms with Gasteiger partial charge in [0, 0.05) is 6.07 Å². The summed E-state index contributed by atoms with van der Waals surface area (Å²) in [5, 5.41) is 12.4. The molecule has 0 bridgehead atoms. The molecule has 37 heavy (non-hydrogen) atoms. The Hall–Kier alpha value is -4.15. The molecule has 2 heterocycles. The van der Waals surface area contributed by atoms with Crippen LogP contribution in [-0.4, -0.2) is 65.9 Å². The second kappa shape index (κ2) is 12.2. The molecule has 0 aliphatic carbocycles. The molecule has 1 fully saturated rings. The summed E-state index contributed by atoms with van der Waals surface area (Å²) in [6.45, 7) is 4.25. The Kier molecular flexibility index (Phi) is 9.05. The van der Waals surface area contributed by atoms with E-state index < -0.39 is 72.0 Å². The molecule has 3 rings (SSSR count). The highest BCUT2D eigenvalue weighted by Gasteiger charge is 2.42. The van der Waals surface area contributed by atoms with Crippen molar-refractivity contribution in [2.45, 2.75) is 45.4 Å². The molecular formula is C26H30N2O9. The quantitative estimate of drug-likeness (QED) is 0.414. The van der Waals surface area contributed by atoms with Gasteiger partial charge in [0.25, 0.3) is 5.91 Å². The number of carbonyl (C=O) groups excluding carboxylic acids is 4. The highest BCUT2D eigenvalue weighted by molar-refractivity contribution is 5.97. The number of hydrogen-bond acceptors (Lipinski definition) is 10. The number of hydrogen-bond donors (Lipinski definition) is 2. The van der Waals surface area contributed by atoms with E-state index in [9.17, 15) is 24.3 Å². The number of carbonyl (C=O) groups is 4. The van der Waals surface area contributed by atoms with Gasteiger partial charge in [0.2, 0.25) is 5.88 Å². The Balaban J connectivity index is 1.87. The van der Waals surface area contributed by atoms with Gasteiger partial charge in [-0.1, -0.05) is 44.2 Å². The lowest BCUT2D eigenvalue weighted by Crippen LogP contribution is -2.47. The lowest BCUT2D eigenvalue weighted by atomic mass is 9.91. The number of nitrogens with one attached hydrogen (secondary N) is 1. The minimum Gasteiger partial charge on any atom is -0.505 e.